The number of nitrogens with one attached hydrogen (secondary N) is 1. The van der Waals surface area contributed by atoms with Crippen LogP contribution >= 0.6 is 0 Å². The van der Waals surface area contributed by atoms with Gasteiger partial charge in [0, 0.05) is 17.6 Å². The summed E-state index contributed by atoms with van der Waals surface area (Å²) in [4.78, 5) is 28.4. The van der Waals surface area contributed by atoms with Gasteiger partial charge < -0.3 is 10.1 Å². The fourth-order valence-corrected chi connectivity index (χ4v) is 4.28. The summed E-state index contributed by atoms with van der Waals surface area (Å²) < 4.78 is 5.27. The molecule has 0 spiro atoms. The molecule has 0 aromatic heterocycles. The van der Waals surface area contributed by atoms with E-state index in [1.54, 1.807) is 19.2 Å². The van der Waals surface area contributed by atoms with Crippen molar-refractivity contribution in [3.8, 4) is 5.75 Å². The number of imide groups is 1. The van der Waals surface area contributed by atoms with Crippen LogP contribution in [0.4, 0.5) is 5.69 Å². The lowest BCUT2D eigenvalue weighted by atomic mass is 10.0. The van der Waals surface area contributed by atoms with E-state index in [4.69, 9.17) is 4.74 Å². The average molecular weight is 449 g/mol. The van der Waals surface area contributed by atoms with Crippen molar-refractivity contribution in [1.29, 1.82) is 0 Å². The predicted molar refractivity (Wildman–Crippen MR) is 134 cm³/mol. The number of fused-ring (bicyclic) bond motifs is 1. The van der Waals surface area contributed by atoms with E-state index >= 15 is 0 Å². The highest BCUT2D eigenvalue weighted by Crippen LogP contribution is 2.33. The molecular weight excluding hydrogens is 424 g/mol. The van der Waals surface area contributed by atoms with Crippen LogP contribution in [0.25, 0.3) is 16.3 Å². The third-order valence-electron chi connectivity index (χ3n) is 6.06. The first-order valence-corrected chi connectivity index (χ1v) is 11.2. The fraction of sp³-hybridized carbons (Fsp3) is 0.103. The van der Waals surface area contributed by atoms with Crippen molar-refractivity contribution in [2.75, 3.05) is 19.0 Å². The highest BCUT2D eigenvalue weighted by atomic mass is 16.5. The van der Waals surface area contributed by atoms with Crippen LogP contribution in [-0.2, 0) is 16.0 Å². The predicted octanol–water partition coefficient (Wildman–Crippen LogP) is 5.28. The second-order valence-corrected chi connectivity index (χ2v) is 8.13. The SMILES string of the molecule is COc1ccc(C2=C(Nc3cccc4ccccc34)C(=O)N(CCc3ccccc3)C2=O)cc1. The molecule has 0 radical (unpaired) electrons. The maximum absolute atomic E-state index is 13.5. The molecule has 0 saturated carbocycles. The molecule has 4 aromatic rings. The number of ether oxygens (including phenoxy) is 1. The quantitative estimate of drug-likeness (QED) is 0.391. The van der Waals surface area contributed by atoms with Gasteiger partial charge in [-0.25, -0.2) is 0 Å². The fourth-order valence-electron chi connectivity index (χ4n) is 4.28. The lowest BCUT2D eigenvalue weighted by Crippen LogP contribution is -2.34. The van der Waals surface area contributed by atoms with E-state index in [0.29, 0.717) is 35.5 Å². The number of hydrogen-bond acceptors (Lipinski definition) is 4. The van der Waals surface area contributed by atoms with E-state index < -0.39 is 0 Å². The molecule has 5 nitrogen and oxygen atoms in total. The monoisotopic (exact) mass is 448 g/mol. The summed E-state index contributed by atoms with van der Waals surface area (Å²) in [6.45, 7) is 0.308. The summed E-state index contributed by atoms with van der Waals surface area (Å²) in [5.74, 6) is 0.0686. The molecule has 168 valence electrons. The minimum absolute atomic E-state index is 0.291. The molecular formula is C29H24N2O3. The molecule has 4 aromatic carbocycles. The number of carbonyl (C=O) groups excluding carboxylic acids is 2. The molecule has 0 bridgehead atoms. The normalized spacial score (nSPS) is 13.6. The van der Waals surface area contributed by atoms with E-state index in [-0.39, 0.29) is 11.8 Å². The van der Waals surface area contributed by atoms with Gasteiger partial charge in [-0.15, -0.1) is 0 Å². The molecule has 0 unspecified atom stereocenters. The Morgan fingerprint density at radius 1 is 0.765 bits per heavy atom. The van der Waals surface area contributed by atoms with E-state index in [0.717, 1.165) is 22.0 Å². The van der Waals surface area contributed by atoms with Crippen LogP contribution in [0.2, 0.25) is 0 Å². The summed E-state index contributed by atoms with van der Waals surface area (Å²) in [7, 11) is 1.59. The number of rotatable bonds is 7. The molecule has 1 aliphatic rings. The zero-order valence-corrected chi connectivity index (χ0v) is 18.8. The summed E-state index contributed by atoms with van der Waals surface area (Å²) in [5.41, 5.74) is 3.19. The van der Waals surface area contributed by atoms with Crippen LogP contribution in [-0.4, -0.2) is 30.4 Å². The second kappa shape index (κ2) is 9.24. The van der Waals surface area contributed by atoms with Crippen LogP contribution in [0.3, 0.4) is 0 Å². The molecule has 0 saturated heterocycles. The standard InChI is InChI=1S/C29H24N2O3/c1-34-23-16-14-22(15-17-23)26-27(30-25-13-7-11-21-10-5-6-12-24(21)25)29(33)31(28(26)32)19-18-20-8-3-2-4-9-20/h2-17,30H,18-19H2,1H3. The summed E-state index contributed by atoms with van der Waals surface area (Å²) >= 11 is 0. The van der Waals surface area contributed by atoms with Crippen molar-refractivity contribution in [3.63, 3.8) is 0 Å². The minimum Gasteiger partial charge on any atom is -0.497 e. The third-order valence-corrected chi connectivity index (χ3v) is 6.06. The molecule has 5 heteroatoms. The van der Waals surface area contributed by atoms with E-state index in [1.165, 1.54) is 4.90 Å². The smallest absolute Gasteiger partial charge is 0.278 e. The highest BCUT2D eigenvalue weighted by Gasteiger charge is 2.39. The molecule has 5 rings (SSSR count). The largest absolute Gasteiger partial charge is 0.497 e. The van der Waals surface area contributed by atoms with Gasteiger partial charge in [-0.3, -0.25) is 14.5 Å². The Morgan fingerprint density at radius 2 is 1.47 bits per heavy atom. The zero-order valence-electron chi connectivity index (χ0n) is 18.8. The molecule has 2 amide bonds. The Balaban J connectivity index is 1.53. The number of anilines is 1. The van der Waals surface area contributed by atoms with E-state index in [9.17, 15) is 9.59 Å². The van der Waals surface area contributed by atoms with E-state index in [1.807, 2.05) is 84.9 Å². The number of benzene rings is 4. The number of hydrogen-bond donors (Lipinski definition) is 1. The van der Waals surface area contributed by atoms with Crippen molar-refractivity contribution in [1.82, 2.24) is 4.90 Å². The minimum atomic E-state index is -0.320. The van der Waals surface area contributed by atoms with Crippen molar-refractivity contribution < 1.29 is 14.3 Å². The Kier molecular flexibility index (Phi) is 5.83. The Bertz CT molecular complexity index is 1390. The zero-order chi connectivity index (χ0) is 23.5. The van der Waals surface area contributed by atoms with Crippen molar-refractivity contribution in [2.24, 2.45) is 0 Å². The first kappa shape index (κ1) is 21.5. The average Bonchev–Trinajstić information content (AvgIpc) is 3.12. The maximum Gasteiger partial charge on any atom is 0.278 e. The van der Waals surface area contributed by atoms with Crippen LogP contribution in [0, 0.1) is 0 Å². The van der Waals surface area contributed by atoms with Gasteiger partial charge in [0.1, 0.15) is 11.4 Å². The maximum atomic E-state index is 13.5. The Labute approximate surface area is 198 Å². The van der Waals surface area contributed by atoms with Gasteiger partial charge in [-0.05, 0) is 41.1 Å². The summed E-state index contributed by atoms with van der Waals surface area (Å²) in [6.07, 6.45) is 0.593. The van der Waals surface area contributed by atoms with Gasteiger partial charge in [0.25, 0.3) is 11.8 Å². The lowest BCUT2D eigenvalue weighted by Gasteiger charge is -2.15. The molecule has 1 N–H and O–H groups in total. The second-order valence-electron chi connectivity index (χ2n) is 8.13. The molecule has 34 heavy (non-hydrogen) atoms. The molecule has 0 atom stereocenters. The molecule has 0 fully saturated rings. The summed E-state index contributed by atoms with van der Waals surface area (Å²) in [6, 6.07) is 30.9. The van der Waals surface area contributed by atoms with Crippen LogP contribution in [0.1, 0.15) is 11.1 Å². The number of nitrogens with zero attached hydrogens (tertiary/aromatic N) is 1. The van der Waals surface area contributed by atoms with Gasteiger partial charge in [-0.2, -0.15) is 0 Å². The topological polar surface area (TPSA) is 58.6 Å². The van der Waals surface area contributed by atoms with Gasteiger partial charge in [0.05, 0.1) is 12.7 Å². The highest BCUT2D eigenvalue weighted by molar-refractivity contribution is 6.36. The number of methoxy groups -OCH3 is 1. The van der Waals surface area contributed by atoms with Gasteiger partial charge in [-0.1, -0.05) is 78.9 Å². The van der Waals surface area contributed by atoms with Gasteiger partial charge >= 0.3 is 0 Å². The molecule has 0 aliphatic carbocycles. The van der Waals surface area contributed by atoms with Crippen LogP contribution in [0.15, 0.2) is 103 Å². The number of amides is 2. The lowest BCUT2D eigenvalue weighted by molar-refractivity contribution is -0.136. The van der Waals surface area contributed by atoms with Gasteiger partial charge in [0.15, 0.2) is 0 Å². The Morgan fingerprint density at radius 3 is 2.24 bits per heavy atom. The van der Waals surface area contributed by atoms with E-state index in [2.05, 4.69) is 5.32 Å². The van der Waals surface area contributed by atoms with Crippen LogP contribution < -0.4 is 10.1 Å². The van der Waals surface area contributed by atoms with Crippen molar-refractivity contribution in [3.05, 3.63) is 114 Å². The first-order valence-electron chi connectivity index (χ1n) is 11.2. The Hall–Kier alpha value is -4.38. The molecule has 1 heterocycles. The molecule has 1 aliphatic heterocycles. The number of carbonyl (C=O) groups is 2. The van der Waals surface area contributed by atoms with Gasteiger partial charge in [0.2, 0.25) is 0 Å². The summed E-state index contributed by atoms with van der Waals surface area (Å²) in [5, 5.41) is 5.34. The van der Waals surface area contributed by atoms with Crippen molar-refractivity contribution >= 4 is 33.8 Å². The van der Waals surface area contributed by atoms with Crippen molar-refractivity contribution in [2.45, 2.75) is 6.42 Å². The van der Waals surface area contributed by atoms with Crippen LogP contribution in [0.5, 0.6) is 5.75 Å². The first-order chi connectivity index (χ1) is 16.7. The third kappa shape index (κ3) is 4.04.